The van der Waals surface area contributed by atoms with Gasteiger partial charge in [0.05, 0.1) is 12.7 Å². The number of carbonyl (C=O) groups is 2. The van der Waals surface area contributed by atoms with Crippen molar-refractivity contribution < 1.29 is 14.3 Å². The van der Waals surface area contributed by atoms with Crippen LogP contribution in [0.5, 0.6) is 5.75 Å². The van der Waals surface area contributed by atoms with Crippen molar-refractivity contribution in [3.05, 3.63) is 29.3 Å². The summed E-state index contributed by atoms with van der Waals surface area (Å²) < 4.78 is 5.18. The monoisotopic (exact) mass is 247 g/mol. The van der Waals surface area contributed by atoms with Crippen molar-refractivity contribution >= 4 is 11.7 Å². The van der Waals surface area contributed by atoms with E-state index in [-0.39, 0.29) is 17.6 Å². The maximum atomic E-state index is 11.5. The zero-order chi connectivity index (χ0) is 13.1. The van der Waals surface area contributed by atoms with Gasteiger partial charge in [0.1, 0.15) is 5.75 Å². The Hall–Kier alpha value is -1.84. The van der Waals surface area contributed by atoms with Crippen LogP contribution in [0.15, 0.2) is 18.2 Å². The third-order valence-electron chi connectivity index (χ3n) is 3.06. The van der Waals surface area contributed by atoms with E-state index in [9.17, 15) is 9.59 Å². The maximum absolute atomic E-state index is 11.5. The molecule has 2 rings (SSSR count). The quantitative estimate of drug-likeness (QED) is 0.809. The number of methoxy groups -OCH3 is 1. The van der Waals surface area contributed by atoms with Crippen LogP contribution in [0.3, 0.4) is 0 Å². The molecule has 0 atom stereocenters. The van der Waals surface area contributed by atoms with Gasteiger partial charge >= 0.3 is 0 Å². The van der Waals surface area contributed by atoms with Crippen molar-refractivity contribution in [1.29, 1.82) is 0 Å². The molecule has 96 valence electrons. The molecular weight excluding hydrogens is 230 g/mol. The van der Waals surface area contributed by atoms with Gasteiger partial charge in [-0.25, -0.2) is 0 Å². The Morgan fingerprint density at radius 2 is 2.11 bits per heavy atom. The Bertz CT molecular complexity index is 478. The molecule has 0 unspecified atom stereocenters. The number of Topliss-reactive ketones (excluding diaryl/α,β-unsaturated/α-hetero) is 1. The zero-order valence-electron chi connectivity index (χ0n) is 10.7. The summed E-state index contributed by atoms with van der Waals surface area (Å²) in [5.74, 6) is 0.856. The summed E-state index contributed by atoms with van der Waals surface area (Å²) in [5.41, 5.74) is 1.50. The van der Waals surface area contributed by atoms with Crippen LogP contribution in [0.2, 0.25) is 0 Å². The van der Waals surface area contributed by atoms with Gasteiger partial charge in [0.25, 0.3) is 0 Å². The first-order valence-electron chi connectivity index (χ1n) is 6.07. The molecule has 4 heteroatoms. The summed E-state index contributed by atoms with van der Waals surface area (Å²) in [4.78, 5) is 22.9. The lowest BCUT2D eigenvalue weighted by molar-refractivity contribution is -0.122. The second-order valence-corrected chi connectivity index (χ2v) is 4.58. The highest BCUT2D eigenvalue weighted by atomic mass is 16.5. The van der Waals surface area contributed by atoms with Gasteiger partial charge in [-0.1, -0.05) is 6.07 Å². The van der Waals surface area contributed by atoms with Crippen LogP contribution in [-0.2, 0) is 11.3 Å². The molecule has 1 N–H and O–H groups in total. The molecule has 0 aliphatic heterocycles. The highest BCUT2D eigenvalue weighted by molar-refractivity contribution is 5.96. The summed E-state index contributed by atoms with van der Waals surface area (Å²) in [5, 5.41) is 2.88. The maximum Gasteiger partial charge on any atom is 0.223 e. The number of amides is 1. The van der Waals surface area contributed by atoms with E-state index in [1.807, 2.05) is 6.07 Å². The molecule has 0 aromatic heterocycles. The van der Waals surface area contributed by atoms with E-state index < -0.39 is 0 Å². The SMILES string of the molecule is COc1cc(CNC(=O)C2CC2)ccc1C(C)=O. The van der Waals surface area contributed by atoms with Crippen LogP contribution in [0.4, 0.5) is 0 Å². The van der Waals surface area contributed by atoms with Gasteiger partial charge in [0.15, 0.2) is 5.78 Å². The molecular formula is C14H17NO3. The standard InChI is InChI=1S/C14H17NO3/c1-9(16)12-6-3-10(7-13(12)18-2)8-15-14(17)11-4-5-11/h3,6-7,11H,4-5,8H2,1-2H3,(H,15,17). The van der Waals surface area contributed by atoms with Gasteiger partial charge in [-0.05, 0) is 37.5 Å². The van der Waals surface area contributed by atoms with Crippen molar-refractivity contribution in [2.45, 2.75) is 26.3 Å². The number of carbonyl (C=O) groups excluding carboxylic acids is 2. The van der Waals surface area contributed by atoms with Crippen molar-refractivity contribution in [2.75, 3.05) is 7.11 Å². The third-order valence-corrected chi connectivity index (χ3v) is 3.06. The average Bonchev–Trinajstić information content (AvgIpc) is 3.19. The summed E-state index contributed by atoms with van der Waals surface area (Å²) in [7, 11) is 1.54. The van der Waals surface area contributed by atoms with E-state index in [0.717, 1.165) is 18.4 Å². The molecule has 1 aliphatic carbocycles. The van der Waals surface area contributed by atoms with Crippen LogP contribution in [-0.4, -0.2) is 18.8 Å². The van der Waals surface area contributed by atoms with E-state index in [2.05, 4.69) is 5.32 Å². The van der Waals surface area contributed by atoms with Gasteiger partial charge in [0.2, 0.25) is 5.91 Å². The average molecular weight is 247 g/mol. The van der Waals surface area contributed by atoms with E-state index >= 15 is 0 Å². The first-order valence-corrected chi connectivity index (χ1v) is 6.07. The second kappa shape index (κ2) is 5.21. The fraction of sp³-hybridized carbons (Fsp3) is 0.429. The normalized spacial score (nSPS) is 14.1. The highest BCUT2D eigenvalue weighted by Gasteiger charge is 2.29. The van der Waals surface area contributed by atoms with Crippen molar-refractivity contribution in [3.8, 4) is 5.75 Å². The summed E-state index contributed by atoms with van der Waals surface area (Å²) >= 11 is 0. The van der Waals surface area contributed by atoms with Crippen LogP contribution in [0.1, 0.15) is 35.7 Å². The van der Waals surface area contributed by atoms with Crippen LogP contribution in [0.25, 0.3) is 0 Å². The smallest absolute Gasteiger partial charge is 0.223 e. The minimum Gasteiger partial charge on any atom is -0.496 e. The van der Waals surface area contributed by atoms with E-state index in [1.54, 1.807) is 12.1 Å². The molecule has 0 radical (unpaired) electrons. The molecule has 0 heterocycles. The number of hydrogen-bond donors (Lipinski definition) is 1. The number of rotatable bonds is 5. The molecule has 1 aromatic carbocycles. The number of benzene rings is 1. The lowest BCUT2D eigenvalue weighted by Gasteiger charge is -2.09. The van der Waals surface area contributed by atoms with Crippen LogP contribution < -0.4 is 10.1 Å². The Kier molecular flexibility index (Phi) is 3.65. The van der Waals surface area contributed by atoms with Gasteiger partial charge in [-0.2, -0.15) is 0 Å². The van der Waals surface area contributed by atoms with Gasteiger partial charge < -0.3 is 10.1 Å². The molecule has 18 heavy (non-hydrogen) atoms. The molecule has 0 saturated heterocycles. The molecule has 1 saturated carbocycles. The molecule has 1 aliphatic rings. The first-order chi connectivity index (χ1) is 8.61. The fourth-order valence-electron chi connectivity index (χ4n) is 1.82. The van der Waals surface area contributed by atoms with E-state index in [4.69, 9.17) is 4.74 Å². The Morgan fingerprint density at radius 1 is 1.39 bits per heavy atom. The zero-order valence-corrected chi connectivity index (χ0v) is 10.7. The van der Waals surface area contributed by atoms with Gasteiger partial charge in [-0.15, -0.1) is 0 Å². The lowest BCUT2D eigenvalue weighted by Crippen LogP contribution is -2.24. The third kappa shape index (κ3) is 2.88. The number of nitrogens with one attached hydrogen (secondary N) is 1. The number of hydrogen-bond acceptors (Lipinski definition) is 3. The van der Waals surface area contributed by atoms with Crippen LogP contribution in [0, 0.1) is 5.92 Å². The minimum atomic E-state index is -0.0274. The predicted molar refractivity (Wildman–Crippen MR) is 67.6 cm³/mol. The van der Waals surface area contributed by atoms with Crippen molar-refractivity contribution in [2.24, 2.45) is 5.92 Å². The molecule has 1 aromatic rings. The lowest BCUT2D eigenvalue weighted by atomic mass is 10.1. The second-order valence-electron chi connectivity index (χ2n) is 4.58. The molecule has 4 nitrogen and oxygen atoms in total. The molecule has 0 bridgehead atoms. The summed E-state index contributed by atoms with van der Waals surface area (Å²) in [6.07, 6.45) is 2.00. The number of ether oxygens (including phenoxy) is 1. The predicted octanol–water partition coefficient (Wildman–Crippen LogP) is 1.92. The van der Waals surface area contributed by atoms with Crippen molar-refractivity contribution in [1.82, 2.24) is 5.32 Å². The van der Waals surface area contributed by atoms with Crippen LogP contribution >= 0.6 is 0 Å². The highest BCUT2D eigenvalue weighted by Crippen LogP contribution is 2.29. The molecule has 0 spiro atoms. The van der Waals surface area contributed by atoms with Crippen molar-refractivity contribution in [3.63, 3.8) is 0 Å². The first kappa shape index (κ1) is 12.6. The Labute approximate surface area is 106 Å². The summed E-state index contributed by atoms with van der Waals surface area (Å²) in [6.45, 7) is 1.98. The van der Waals surface area contributed by atoms with E-state index in [0.29, 0.717) is 17.9 Å². The number of ketones is 1. The molecule has 1 fully saturated rings. The Morgan fingerprint density at radius 3 is 2.67 bits per heavy atom. The minimum absolute atomic E-state index is 0.0274. The fourth-order valence-corrected chi connectivity index (χ4v) is 1.82. The van der Waals surface area contributed by atoms with Gasteiger partial charge in [-0.3, -0.25) is 9.59 Å². The Balaban J connectivity index is 2.04. The largest absolute Gasteiger partial charge is 0.496 e. The van der Waals surface area contributed by atoms with E-state index in [1.165, 1.54) is 14.0 Å². The van der Waals surface area contributed by atoms with Gasteiger partial charge in [0, 0.05) is 12.5 Å². The topological polar surface area (TPSA) is 55.4 Å². The molecule has 1 amide bonds. The summed E-state index contributed by atoms with van der Waals surface area (Å²) in [6, 6.07) is 5.37.